The highest BCUT2D eigenvalue weighted by Gasteiger charge is 2.33. The Morgan fingerprint density at radius 3 is 2.61 bits per heavy atom. The average Bonchev–Trinajstić information content (AvgIpc) is 2.99. The molecule has 2 rings (SSSR count). The highest BCUT2D eigenvalue weighted by molar-refractivity contribution is 7.89. The third kappa shape index (κ3) is 2.76. The molecule has 0 radical (unpaired) electrons. The summed E-state index contributed by atoms with van der Waals surface area (Å²) in [5, 5.41) is 8.98. The summed E-state index contributed by atoms with van der Waals surface area (Å²) >= 11 is 0. The summed E-state index contributed by atoms with van der Waals surface area (Å²) in [6.45, 7) is 4.19. The SMILES string of the molecule is CC(C)N(CC1CC1)S(=O)(=O)c1c[nH]c(CO)c1. The van der Waals surface area contributed by atoms with Crippen LogP contribution in [0.15, 0.2) is 17.2 Å². The van der Waals surface area contributed by atoms with Crippen molar-refractivity contribution in [3.8, 4) is 0 Å². The summed E-state index contributed by atoms with van der Waals surface area (Å²) in [5.41, 5.74) is 0.517. The van der Waals surface area contributed by atoms with E-state index in [4.69, 9.17) is 5.11 Å². The molecule has 5 nitrogen and oxygen atoms in total. The van der Waals surface area contributed by atoms with Gasteiger partial charge in [0.15, 0.2) is 0 Å². The van der Waals surface area contributed by atoms with Crippen LogP contribution in [-0.4, -0.2) is 35.4 Å². The van der Waals surface area contributed by atoms with Gasteiger partial charge in [-0.15, -0.1) is 0 Å². The Hall–Kier alpha value is -0.850. The smallest absolute Gasteiger partial charge is 0.244 e. The molecule has 1 heterocycles. The fraction of sp³-hybridized carbons (Fsp3) is 0.667. The molecule has 0 unspecified atom stereocenters. The van der Waals surface area contributed by atoms with Gasteiger partial charge in [0.1, 0.15) is 0 Å². The lowest BCUT2D eigenvalue weighted by Gasteiger charge is -2.25. The van der Waals surface area contributed by atoms with Crippen molar-refractivity contribution < 1.29 is 13.5 Å². The largest absolute Gasteiger partial charge is 0.390 e. The highest BCUT2D eigenvalue weighted by atomic mass is 32.2. The van der Waals surface area contributed by atoms with Crippen LogP contribution in [0.4, 0.5) is 0 Å². The van der Waals surface area contributed by atoms with Crippen molar-refractivity contribution in [2.24, 2.45) is 5.92 Å². The Balaban J connectivity index is 2.25. The van der Waals surface area contributed by atoms with Crippen LogP contribution >= 0.6 is 0 Å². The van der Waals surface area contributed by atoms with E-state index in [9.17, 15) is 8.42 Å². The Labute approximate surface area is 108 Å². The fourth-order valence-corrected chi connectivity index (χ4v) is 3.67. The van der Waals surface area contributed by atoms with Gasteiger partial charge in [-0.25, -0.2) is 8.42 Å². The molecule has 18 heavy (non-hydrogen) atoms. The maximum absolute atomic E-state index is 12.5. The second kappa shape index (κ2) is 5.03. The van der Waals surface area contributed by atoms with E-state index < -0.39 is 10.0 Å². The molecule has 102 valence electrons. The van der Waals surface area contributed by atoms with E-state index in [0.717, 1.165) is 12.8 Å². The molecule has 1 aromatic rings. The molecule has 0 spiro atoms. The predicted molar refractivity (Wildman–Crippen MR) is 68.5 cm³/mol. The lowest BCUT2D eigenvalue weighted by atomic mass is 10.3. The molecular weight excluding hydrogens is 252 g/mol. The van der Waals surface area contributed by atoms with Gasteiger partial charge >= 0.3 is 0 Å². The summed E-state index contributed by atoms with van der Waals surface area (Å²) < 4.78 is 26.5. The first kappa shape index (κ1) is 13.6. The van der Waals surface area contributed by atoms with Crippen LogP contribution < -0.4 is 0 Å². The zero-order valence-electron chi connectivity index (χ0n) is 10.8. The first-order valence-electron chi connectivity index (χ1n) is 6.25. The van der Waals surface area contributed by atoms with Crippen molar-refractivity contribution in [1.82, 2.24) is 9.29 Å². The molecule has 1 fully saturated rings. The Morgan fingerprint density at radius 1 is 1.50 bits per heavy atom. The van der Waals surface area contributed by atoms with Gasteiger partial charge in [-0.3, -0.25) is 0 Å². The normalized spacial score (nSPS) is 16.7. The van der Waals surface area contributed by atoms with Gasteiger partial charge in [0.25, 0.3) is 0 Å². The minimum Gasteiger partial charge on any atom is -0.390 e. The summed E-state index contributed by atoms with van der Waals surface area (Å²) in [7, 11) is -3.45. The number of aromatic amines is 1. The molecule has 2 N–H and O–H groups in total. The van der Waals surface area contributed by atoms with Crippen LogP contribution in [0, 0.1) is 5.92 Å². The predicted octanol–water partition coefficient (Wildman–Crippen LogP) is 1.32. The maximum atomic E-state index is 12.5. The van der Waals surface area contributed by atoms with Gasteiger partial charge in [0.2, 0.25) is 10.0 Å². The van der Waals surface area contributed by atoms with Gasteiger partial charge in [0, 0.05) is 24.5 Å². The number of nitrogens with zero attached hydrogens (tertiary/aromatic N) is 1. The molecule has 1 aliphatic rings. The first-order valence-corrected chi connectivity index (χ1v) is 7.69. The molecule has 0 saturated heterocycles. The summed E-state index contributed by atoms with van der Waals surface area (Å²) in [4.78, 5) is 3.01. The molecule has 6 heteroatoms. The third-order valence-corrected chi connectivity index (χ3v) is 5.22. The van der Waals surface area contributed by atoms with Crippen LogP contribution in [0.1, 0.15) is 32.4 Å². The van der Waals surface area contributed by atoms with Crippen molar-refractivity contribution >= 4 is 10.0 Å². The van der Waals surface area contributed by atoms with E-state index in [2.05, 4.69) is 4.98 Å². The summed E-state index contributed by atoms with van der Waals surface area (Å²) in [6.07, 6.45) is 3.69. The van der Waals surface area contributed by atoms with Crippen molar-refractivity contribution in [3.63, 3.8) is 0 Å². The number of hydrogen-bond acceptors (Lipinski definition) is 3. The van der Waals surface area contributed by atoms with Gasteiger partial charge < -0.3 is 10.1 Å². The average molecular weight is 272 g/mol. The molecule has 1 aromatic heterocycles. The monoisotopic (exact) mass is 272 g/mol. The number of aliphatic hydroxyl groups excluding tert-OH is 1. The molecule has 0 amide bonds. The number of hydrogen-bond donors (Lipinski definition) is 2. The first-order chi connectivity index (χ1) is 8.45. The number of rotatable bonds is 6. The highest BCUT2D eigenvalue weighted by Crippen LogP contribution is 2.32. The van der Waals surface area contributed by atoms with Crippen molar-refractivity contribution in [3.05, 3.63) is 18.0 Å². The molecule has 1 saturated carbocycles. The van der Waals surface area contributed by atoms with Gasteiger partial charge in [-0.05, 0) is 38.7 Å². The van der Waals surface area contributed by atoms with Crippen molar-refractivity contribution in [1.29, 1.82) is 0 Å². The zero-order chi connectivity index (χ0) is 13.3. The number of aromatic nitrogens is 1. The van der Waals surface area contributed by atoms with Crippen LogP contribution in [0.5, 0.6) is 0 Å². The third-order valence-electron chi connectivity index (χ3n) is 3.20. The molecule has 0 bridgehead atoms. The van der Waals surface area contributed by atoms with E-state index in [1.54, 1.807) is 4.31 Å². The Bertz CT molecular complexity index is 503. The van der Waals surface area contributed by atoms with E-state index in [0.29, 0.717) is 18.2 Å². The van der Waals surface area contributed by atoms with E-state index in [1.165, 1.54) is 12.3 Å². The van der Waals surface area contributed by atoms with E-state index in [-0.39, 0.29) is 17.5 Å². The quantitative estimate of drug-likeness (QED) is 0.820. The van der Waals surface area contributed by atoms with E-state index >= 15 is 0 Å². The van der Waals surface area contributed by atoms with Gasteiger partial charge in [0.05, 0.1) is 11.5 Å². The van der Waals surface area contributed by atoms with Crippen molar-refractivity contribution in [2.75, 3.05) is 6.54 Å². The summed E-state index contributed by atoms with van der Waals surface area (Å²) in [5.74, 6) is 0.512. The molecule has 0 aliphatic heterocycles. The standard InChI is InChI=1S/C12H20N2O3S/c1-9(2)14(7-10-3-4-10)18(16,17)12-5-11(8-15)13-6-12/h5-6,9-10,13,15H,3-4,7-8H2,1-2H3. The second-order valence-corrected chi connectivity index (χ2v) is 7.02. The lowest BCUT2D eigenvalue weighted by molar-refractivity contribution is 0.277. The number of aliphatic hydroxyl groups is 1. The Morgan fingerprint density at radius 2 is 2.17 bits per heavy atom. The van der Waals surface area contributed by atoms with E-state index in [1.807, 2.05) is 13.8 Å². The lowest BCUT2D eigenvalue weighted by Crippen LogP contribution is -2.38. The van der Waals surface area contributed by atoms with Gasteiger partial charge in [-0.2, -0.15) is 4.31 Å². The summed E-state index contributed by atoms with van der Waals surface area (Å²) in [6, 6.07) is 1.44. The molecular formula is C12H20N2O3S. The number of nitrogens with one attached hydrogen (secondary N) is 1. The molecule has 1 aliphatic carbocycles. The molecule has 0 aromatic carbocycles. The second-order valence-electron chi connectivity index (χ2n) is 5.13. The number of H-pyrrole nitrogens is 1. The minimum atomic E-state index is -3.45. The maximum Gasteiger partial charge on any atom is 0.244 e. The Kier molecular flexibility index (Phi) is 3.79. The number of sulfonamides is 1. The van der Waals surface area contributed by atoms with Crippen LogP contribution in [0.3, 0.4) is 0 Å². The van der Waals surface area contributed by atoms with Crippen LogP contribution in [0.2, 0.25) is 0 Å². The molecule has 0 atom stereocenters. The van der Waals surface area contributed by atoms with Crippen LogP contribution in [0.25, 0.3) is 0 Å². The fourth-order valence-electron chi connectivity index (χ4n) is 1.94. The zero-order valence-corrected chi connectivity index (χ0v) is 11.6. The van der Waals surface area contributed by atoms with Crippen molar-refractivity contribution in [2.45, 2.75) is 44.2 Å². The van der Waals surface area contributed by atoms with Gasteiger partial charge in [-0.1, -0.05) is 0 Å². The topological polar surface area (TPSA) is 73.4 Å². The van der Waals surface area contributed by atoms with Crippen LogP contribution in [-0.2, 0) is 16.6 Å². The minimum absolute atomic E-state index is 0.0527.